The molecule has 0 aliphatic heterocycles. The van der Waals surface area contributed by atoms with Crippen LogP contribution in [0.15, 0.2) is 12.5 Å². The number of aromatic nitrogens is 2. The van der Waals surface area contributed by atoms with E-state index in [1.54, 1.807) is 0 Å². The average Bonchev–Trinajstić information content (AvgIpc) is 3.11. The molecule has 0 radical (unpaired) electrons. The summed E-state index contributed by atoms with van der Waals surface area (Å²) in [6.45, 7) is 12.8. The van der Waals surface area contributed by atoms with Crippen molar-refractivity contribution in [3.63, 3.8) is 0 Å². The van der Waals surface area contributed by atoms with Crippen LogP contribution < -0.4 is 5.32 Å². The molecule has 2 rings (SSSR count). The van der Waals surface area contributed by atoms with Crippen molar-refractivity contribution in [2.75, 3.05) is 13.2 Å². The van der Waals surface area contributed by atoms with Crippen LogP contribution in [0.2, 0.25) is 0 Å². The number of nitrogens with one attached hydrogen (secondary N) is 1. The third-order valence-corrected chi connectivity index (χ3v) is 5.73. The van der Waals surface area contributed by atoms with Gasteiger partial charge in [-0.15, -0.1) is 0 Å². The van der Waals surface area contributed by atoms with Crippen molar-refractivity contribution < 1.29 is 19.1 Å². The Bertz CT molecular complexity index is 721. The predicted octanol–water partition coefficient (Wildman–Crippen LogP) is 5.05. The molecule has 1 aliphatic carbocycles. The van der Waals surface area contributed by atoms with Gasteiger partial charge in [0.2, 0.25) is 0 Å². The van der Waals surface area contributed by atoms with Gasteiger partial charge in [-0.05, 0) is 65.2 Å². The minimum Gasteiger partial charge on any atom is -0.466 e. The second kappa shape index (κ2) is 11.0. The highest BCUT2D eigenvalue weighted by Crippen LogP contribution is 2.40. The fourth-order valence-electron chi connectivity index (χ4n) is 4.27. The number of hydrogen-bond acceptors (Lipinski definition) is 5. The van der Waals surface area contributed by atoms with Crippen molar-refractivity contribution >= 4 is 12.1 Å². The lowest BCUT2D eigenvalue weighted by molar-refractivity contribution is -0.148. The molecule has 31 heavy (non-hydrogen) atoms. The highest BCUT2D eigenvalue weighted by Gasteiger charge is 2.29. The number of hydrogen-bond donors (Lipinski definition) is 1. The average molecular weight is 436 g/mol. The minimum atomic E-state index is -0.524. The Morgan fingerprint density at radius 2 is 2.10 bits per heavy atom. The molecule has 0 bridgehead atoms. The van der Waals surface area contributed by atoms with Crippen molar-refractivity contribution in [3.05, 3.63) is 18.2 Å². The van der Waals surface area contributed by atoms with Gasteiger partial charge in [0.1, 0.15) is 5.60 Å². The second-order valence-electron chi connectivity index (χ2n) is 10.5. The largest absolute Gasteiger partial charge is 0.466 e. The fraction of sp³-hybridized carbons (Fsp3) is 0.792. The number of esters is 1. The van der Waals surface area contributed by atoms with E-state index in [0.717, 1.165) is 12.1 Å². The van der Waals surface area contributed by atoms with Crippen LogP contribution in [0.4, 0.5) is 4.79 Å². The summed E-state index contributed by atoms with van der Waals surface area (Å²) >= 11 is 0. The maximum absolute atomic E-state index is 12.5. The molecule has 7 nitrogen and oxygen atoms in total. The van der Waals surface area contributed by atoms with Gasteiger partial charge in [-0.2, -0.15) is 0 Å². The summed E-state index contributed by atoms with van der Waals surface area (Å²) < 4.78 is 12.8. The molecule has 1 aliphatic rings. The van der Waals surface area contributed by atoms with E-state index in [0.29, 0.717) is 43.9 Å². The molecule has 2 unspecified atom stereocenters. The molecule has 1 heterocycles. The molecule has 1 aromatic rings. The third-order valence-electron chi connectivity index (χ3n) is 5.73. The van der Waals surface area contributed by atoms with E-state index in [-0.39, 0.29) is 11.9 Å². The van der Waals surface area contributed by atoms with Crippen molar-refractivity contribution in [1.29, 1.82) is 0 Å². The monoisotopic (exact) mass is 435 g/mol. The lowest BCUT2D eigenvalue weighted by Crippen LogP contribution is -2.33. The number of alkyl carbamates (subject to hydrolysis) is 1. The van der Waals surface area contributed by atoms with Crippen LogP contribution in [-0.4, -0.2) is 40.4 Å². The van der Waals surface area contributed by atoms with Crippen LogP contribution in [0.1, 0.15) is 91.8 Å². The van der Waals surface area contributed by atoms with E-state index >= 15 is 0 Å². The fourth-order valence-corrected chi connectivity index (χ4v) is 4.27. The van der Waals surface area contributed by atoms with Gasteiger partial charge in [-0.1, -0.05) is 20.3 Å². The Morgan fingerprint density at radius 3 is 2.74 bits per heavy atom. The molecule has 1 amide bonds. The highest BCUT2D eigenvalue weighted by atomic mass is 16.6. The van der Waals surface area contributed by atoms with Gasteiger partial charge in [-0.25, -0.2) is 9.78 Å². The number of imidazole rings is 1. The summed E-state index contributed by atoms with van der Waals surface area (Å²) in [7, 11) is 0. The normalized spacial score (nSPS) is 19.5. The van der Waals surface area contributed by atoms with Crippen LogP contribution in [0.5, 0.6) is 0 Å². The van der Waals surface area contributed by atoms with Gasteiger partial charge in [0.05, 0.1) is 24.5 Å². The molecule has 0 aromatic carbocycles. The zero-order chi connectivity index (χ0) is 23.1. The predicted molar refractivity (Wildman–Crippen MR) is 121 cm³/mol. The second-order valence-corrected chi connectivity index (χ2v) is 10.5. The van der Waals surface area contributed by atoms with Crippen LogP contribution in [0.25, 0.3) is 0 Å². The number of nitrogens with zero attached hydrogens (tertiary/aromatic N) is 2. The van der Waals surface area contributed by atoms with Crippen molar-refractivity contribution in [2.45, 2.75) is 98.1 Å². The summed E-state index contributed by atoms with van der Waals surface area (Å²) in [6.07, 6.45) is 10.2. The molecule has 176 valence electrons. The molecule has 0 saturated heterocycles. The van der Waals surface area contributed by atoms with Crippen LogP contribution in [-0.2, 0) is 20.7 Å². The number of rotatable bonds is 9. The first kappa shape index (κ1) is 25.2. The number of amides is 1. The molecule has 1 N–H and O–H groups in total. The third kappa shape index (κ3) is 8.91. The van der Waals surface area contributed by atoms with E-state index in [9.17, 15) is 9.59 Å². The maximum atomic E-state index is 12.5. The molecule has 1 saturated carbocycles. The lowest BCUT2D eigenvalue weighted by Gasteiger charge is -2.35. The Hall–Kier alpha value is -2.05. The summed E-state index contributed by atoms with van der Waals surface area (Å²) in [5, 5.41) is 2.75. The van der Waals surface area contributed by atoms with Crippen LogP contribution >= 0.6 is 0 Å². The first-order valence-electron chi connectivity index (χ1n) is 11.6. The minimum absolute atomic E-state index is 0.201. The van der Waals surface area contributed by atoms with Crippen molar-refractivity contribution in [3.8, 4) is 0 Å². The molecule has 1 aromatic heterocycles. The van der Waals surface area contributed by atoms with E-state index in [1.807, 2.05) is 34.0 Å². The number of carbonyl (C=O) groups is 2. The van der Waals surface area contributed by atoms with Gasteiger partial charge in [0, 0.05) is 25.2 Å². The molecular formula is C24H41N3O4. The Labute approximate surface area is 187 Å². The van der Waals surface area contributed by atoms with Crippen molar-refractivity contribution in [2.24, 2.45) is 11.3 Å². The smallest absolute Gasteiger partial charge is 0.407 e. The maximum Gasteiger partial charge on any atom is 0.407 e. The zero-order valence-corrected chi connectivity index (χ0v) is 20.2. The molecule has 2 atom stereocenters. The van der Waals surface area contributed by atoms with E-state index in [1.165, 1.54) is 19.3 Å². The molecule has 7 heteroatoms. The first-order valence-corrected chi connectivity index (χ1v) is 11.6. The standard InChI is InChI=1S/C24H41N3O4/c1-7-30-21(28)18(10-9-13-25-22(29)31-23(2,3)4)14-19-16-27(17-26-19)20-11-8-12-24(5,6)15-20/h16-18,20H,7-15H2,1-6H3,(H,25,29). The van der Waals surface area contributed by atoms with E-state index in [4.69, 9.17) is 9.47 Å². The summed E-state index contributed by atoms with van der Waals surface area (Å²) in [5.41, 5.74) is 0.757. The molecule has 0 spiro atoms. The van der Waals surface area contributed by atoms with E-state index < -0.39 is 11.7 Å². The Morgan fingerprint density at radius 1 is 1.35 bits per heavy atom. The van der Waals surface area contributed by atoms with Gasteiger partial charge >= 0.3 is 12.1 Å². The first-order chi connectivity index (χ1) is 14.5. The Kier molecular flexibility index (Phi) is 8.95. The summed E-state index contributed by atoms with van der Waals surface area (Å²) in [4.78, 5) is 28.9. The highest BCUT2D eigenvalue weighted by molar-refractivity contribution is 5.72. The van der Waals surface area contributed by atoms with Gasteiger partial charge in [-0.3, -0.25) is 4.79 Å². The van der Waals surface area contributed by atoms with E-state index in [2.05, 4.69) is 34.9 Å². The number of ether oxygens (including phenoxy) is 2. The van der Waals surface area contributed by atoms with Gasteiger partial charge < -0.3 is 19.4 Å². The summed E-state index contributed by atoms with van der Waals surface area (Å²) in [5.74, 6) is -0.473. The van der Waals surface area contributed by atoms with Crippen LogP contribution in [0, 0.1) is 11.3 Å². The van der Waals surface area contributed by atoms with Crippen molar-refractivity contribution in [1.82, 2.24) is 14.9 Å². The zero-order valence-electron chi connectivity index (χ0n) is 20.2. The van der Waals surface area contributed by atoms with Crippen LogP contribution in [0.3, 0.4) is 0 Å². The lowest BCUT2D eigenvalue weighted by atomic mass is 9.75. The molecular weight excluding hydrogens is 394 g/mol. The van der Waals surface area contributed by atoms with Gasteiger partial charge in [0.25, 0.3) is 0 Å². The summed E-state index contributed by atoms with van der Waals surface area (Å²) in [6, 6.07) is 0.476. The quantitative estimate of drug-likeness (QED) is 0.433. The van der Waals surface area contributed by atoms with Gasteiger partial charge in [0.15, 0.2) is 0 Å². The number of carbonyl (C=O) groups excluding carboxylic acids is 2. The SMILES string of the molecule is CCOC(=O)C(CCCNC(=O)OC(C)(C)C)Cc1cn(C2CCCC(C)(C)C2)cn1. The topological polar surface area (TPSA) is 82.5 Å². The molecule has 1 fully saturated rings. The Balaban J connectivity index is 1.90.